The summed E-state index contributed by atoms with van der Waals surface area (Å²) >= 11 is 0. The van der Waals surface area contributed by atoms with Crippen molar-refractivity contribution in [1.29, 1.82) is 0 Å². The monoisotopic (exact) mass is 381 g/mol. The largest absolute Gasteiger partial charge is 0.296 e. The molecule has 0 bridgehead atoms. The van der Waals surface area contributed by atoms with Gasteiger partial charge in [0.05, 0.1) is 10.9 Å². The fourth-order valence-corrected chi connectivity index (χ4v) is 3.02. The second kappa shape index (κ2) is 8.58. The van der Waals surface area contributed by atoms with Crippen molar-refractivity contribution >= 4 is 22.9 Å². The van der Waals surface area contributed by atoms with Crippen LogP contribution in [-0.2, 0) is 24.2 Å². The van der Waals surface area contributed by atoms with E-state index in [1.54, 1.807) is 4.57 Å². The Balaban J connectivity index is 2.04. The second-order valence-electron chi connectivity index (χ2n) is 6.27. The van der Waals surface area contributed by atoms with E-state index in [-0.39, 0.29) is 22.0 Å². The Bertz CT molecular complexity index is 1090. The molecule has 0 aliphatic heterocycles. The number of nitrogens with one attached hydrogen (secondary N) is 1. The first-order valence-corrected chi connectivity index (χ1v) is 8.92. The molecule has 7 heteroatoms. The number of carbonyl (C=O) groups excluding carboxylic acids is 1. The first-order valence-electron chi connectivity index (χ1n) is 8.92. The third-order valence-corrected chi connectivity index (χ3v) is 4.46. The van der Waals surface area contributed by atoms with Crippen LogP contribution in [0.25, 0.3) is 17.0 Å². The maximum Gasteiger partial charge on any atom is 0.267 e. The van der Waals surface area contributed by atoms with Crippen LogP contribution in [0.15, 0.2) is 53.3 Å². The Kier molecular flexibility index (Phi) is 5.96. The van der Waals surface area contributed by atoms with E-state index in [4.69, 9.17) is 5.21 Å². The zero-order valence-electron chi connectivity index (χ0n) is 15.4. The molecular formula is C21H20FN3O3. The van der Waals surface area contributed by atoms with E-state index < -0.39 is 11.7 Å². The Morgan fingerprint density at radius 2 is 2.04 bits per heavy atom. The van der Waals surface area contributed by atoms with E-state index >= 15 is 0 Å². The van der Waals surface area contributed by atoms with Gasteiger partial charge in [0.2, 0.25) is 0 Å². The SMILES string of the molecule is CCc1nc2cc(F)c(/C=C/C(=O)NO)cc2c(=O)n1CCc1ccccc1. The lowest BCUT2D eigenvalue weighted by Gasteiger charge is -2.13. The highest BCUT2D eigenvalue weighted by Crippen LogP contribution is 2.18. The number of hydrogen-bond acceptors (Lipinski definition) is 4. The van der Waals surface area contributed by atoms with E-state index in [0.29, 0.717) is 25.2 Å². The lowest BCUT2D eigenvalue weighted by atomic mass is 10.1. The zero-order chi connectivity index (χ0) is 20.1. The Hall–Kier alpha value is -3.32. The average Bonchev–Trinajstić information content (AvgIpc) is 2.72. The fraction of sp³-hybridized carbons (Fsp3) is 0.190. The molecule has 1 amide bonds. The van der Waals surface area contributed by atoms with E-state index in [0.717, 1.165) is 11.6 Å². The third-order valence-electron chi connectivity index (χ3n) is 4.46. The van der Waals surface area contributed by atoms with Crippen molar-refractivity contribution in [2.24, 2.45) is 0 Å². The molecule has 0 aliphatic rings. The third kappa shape index (κ3) is 4.15. The summed E-state index contributed by atoms with van der Waals surface area (Å²) < 4.78 is 15.9. The van der Waals surface area contributed by atoms with Crippen LogP contribution in [0.4, 0.5) is 4.39 Å². The molecule has 0 atom stereocenters. The minimum atomic E-state index is -0.792. The molecule has 0 fully saturated rings. The van der Waals surface area contributed by atoms with Gasteiger partial charge in [0.1, 0.15) is 11.6 Å². The molecule has 0 radical (unpaired) electrons. The van der Waals surface area contributed by atoms with Crippen LogP contribution in [0.5, 0.6) is 0 Å². The number of rotatable bonds is 6. The number of halogens is 1. The summed E-state index contributed by atoms with van der Waals surface area (Å²) in [7, 11) is 0. The molecule has 3 aromatic rings. The quantitative estimate of drug-likeness (QED) is 0.391. The summed E-state index contributed by atoms with van der Waals surface area (Å²) in [4.78, 5) is 28.6. The van der Waals surface area contributed by atoms with Crippen molar-refractivity contribution in [3.8, 4) is 0 Å². The molecule has 0 unspecified atom stereocenters. The first-order chi connectivity index (χ1) is 13.5. The van der Waals surface area contributed by atoms with Crippen LogP contribution in [0.2, 0.25) is 0 Å². The fourth-order valence-electron chi connectivity index (χ4n) is 3.02. The molecule has 28 heavy (non-hydrogen) atoms. The molecule has 144 valence electrons. The number of aryl methyl sites for hydroxylation is 2. The minimum Gasteiger partial charge on any atom is -0.296 e. The van der Waals surface area contributed by atoms with Gasteiger partial charge in [-0.1, -0.05) is 37.3 Å². The van der Waals surface area contributed by atoms with Gasteiger partial charge >= 0.3 is 0 Å². The number of hydroxylamine groups is 1. The predicted octanol–water partition coefficient (Wildman–Crippen LogP) is 2.86. The summed E-state index contributed by atoms with van der Waals surface area (Å²) in [5.41, 5.74) is 2.63. The van der Waals surface area contributed by atoms with Gasteiger partial charge in [0.15, 0.2) is 0 Å². The summed E-state index contributed by atoms with van der Waals surface area (Å²) in [6.07, 6.45) is 3.39. The minimum absolute atomic E-state index is 0.0638. The maximum atomic E-state index is 14.3. The van der Waals surface area contributed by atoms with Crippen LogP contribution in [0.1, 0.15) is 23.9 Å². The highest BCUT2D eigenvalue weighted by atomic mass is 19.1. The molecule has 1 aromatic heterocycles. The standard InChI is InChI=1S/C21H20FN3O3/c1-2-19-23-18-13-17(22)15(8-9-20(26)24-28)12-16(18)21(27)25(19)11-10-14-6-4-3-5-7-14/h3-9,12-13,28H,2,10-11H2,1H3,(H,24,26)/b9-8+. The molecule has 2 aromatic carbocycles. The summed E-state index contributed by atoms with van der Waals surface area (Å²) in [5, 5.41) is 8.81. The molecule has 0 saturated heterocycles. The second-order valence-corrected chi connectivity index (χ2v) is 6.27. The van der Waals surface area contributed by atoms with Gasteiger partial charge in [-0.25, -0.2) is 14.9 Å². The van der Waals surface area contributed by atoms with Crippen molar-refractivity contribution in [2.75, 3.05) is 0 Å². The molecular weight excluding hydrogens is 361 g/mol. The van der Waals surface area contributed by atoms with Crippen molar-refractivity contribution in [1.82, 2.24) is 15.0 Å². The van der Waals surface area contributed by atoms with Crippen molar-refractivity contribution < 1.29 is 14.4 Å². The lowest BCUT2D eigenvalue weighted by Crippen LogP contribution is -2.26. The van der Waals surface area contributed by atoms with Crippen LogP contribution in [0.3, 0.4) is 0 Å². The zero-order valence-corrected chi connectivity index (χ0v) is 15.4. The molecule has 0 spiro atoms. The number of nitrogens with zero attached hydrogens (tertiary/aromatic N) is 2. The number of aromatic nitrogens is 2. The van der Waals surface area contributed by atoms with Crippen LogP contribution < -0.4 is 11.0 Å². The predicted molar refractivity (Wildman–Crippen MR) is 104 cm³/mol. The number of fused-ring (bicyclic) bond motifs is 1. The highest BCUT2D eigenvalue weighted by molar-refractivity contribution is 5.91. The Morgan fingerprint density at radius 1 is 1.29 bits per heavy atom. The molecule has 0 saturated carbocycles. The Labute approximate surface area is 160 Å². The summed E-state index contributed by atoms with van der Waals surface area (Å²) in [5.74, 6) is -0.805. The summed E-state index contributed by atoms with van der Waals surface area (Å²) in [6.45, 7) is 2.36. The van der Waals surface area contributed by atoms with Gasteiger partial charge in [0.25, 0.3) is 11.5 Å². The molecule has 0 aliphatic carbocycles. The van der Waals surface area contributed by atoms with Gasteiger partial charge < -0.3 is 0 Å². The molecule has 1 heterocycles. The molecule has 2 N–H and O–H groups in total. The number of hydrogen-bond donors (Lipinski definition) is 2. The van der Waals surface area contributed by atoms with E-state index in [1.165, 1.54) is 23.7 Å². The van der Waals surface area contributed by atoms with Crippen molar-refractivity contribution in [3.63, 3.8) is 0 Å². The van der Waals surface area contributed by atoms with Crippen molar-refractivity contribution in [2.45, 2.75) is 26.3 Å². The van der Waals surface area contributed by atoms with Gasteiger partial charge in [-0.05, 0) is 24.1 Å². The highest BCUT2D eigenvalue weighted by Gasteiger charge is 2.13. The van der Waals surface area contributed by atoms with Crippen LogP contribution in [-0.4, -0.2) is 20.7 Å². The Morgan fingerprint density at radius 3 is 2.71 bits per heavy atom. The van der Waals surface area contributed by atoms with E-state index in [2.05, 4.69) is 4.98 Å². The molecule has 3 rings (SSSR count). The van der Waals surface area contributed by atoms with Gasteiger partial charge in [-0.2, -0.15) is 0 Å². The maximum absolute atomic E-state index is 14.3. The lowest BCUT2D eigenvalue weighted by molar-refractivity contribution is -0.124. The number of amides is 1. The number of carbonyl (C=O) groups is 1. The number of benzene rings is 2. The van der Waals surface area contributed by atoms with Gasteiger partial charge in [-0.15, -0.1) is 0 Å². The topological polar surface area (TPSA) is 84.2 Å². The van der Waals surface area contributed by atoms with Gasteiger partial charge in [-0.3, -0.25) is 19.4 Å². The average molecular weight is 381 g/mol. The van der Waals surface area contributed by atoms with Crippen LogP contribution in [0, 0.1) is 5.82 Å². The van der Waals surface area contributed by atoms with E-state index in [9.17, 15) is 14.0 Å². The smallest absolute Gasteiger partial charge is 0.267 e. The van der Waals surface area contributed by atoms with Crippen LogP contribution >= 0.6 is 0 Å². The summed E-state index contributed by atoms with van der Waals surface area (Å²) in [6, 6.07) is 12.4. The van der Waals surface area contributed by atoms with E-state index in [1.807, 2.05) is 37.3 Å². The van der Waals surface area contributed by atoms with Gasteiger partial charge in [0, 0.05) is 30.7 Å². The van der Waals surface area contributed by atoms with Crippen molar-refractivity contribution in [3.05, 3.63) is 81.7 Å². The first kappa shape index (κ1) is 19.4. The molecule has 6 nitrogen and oxygen atoms in total. The normalized spacial score (nSPS) is 11.2.